The third-order valence-electron chi connectivity index (χ3n) is 5.98. The van der Waals surface area contributed by atoms with Gasteiger partial charge in [0, 0.05) is 23.0 Å². The lowest BCUT2D eigenvalue weighted by Crippen LogP contribution is -2.40. The van der Waals surface area contributed by atoms with Crippen molar-refractivity contribution in [3.8, 4) is 0 Å². The third-order valence-corrected chi connectivity index (χ3v) is 8.59. The molecule has 35 heavy (non-hydrogen) atoms. The predicted octanol–water partition coefficient (Wildman–Crippen LogP) is 5.59. The molecule has 1 atom stereocenters. The zero-order valence-corrected chi connectivity index (χ0v) is 22.1. The standard InChI is InChI=1S/C25H27Cl2N5O2S/c1-4-31-25(28-29-30-31)16-32(35(33,34)22-12-17(2)11-18(3)13-22)24-10-9-21(26)15-20(24)14-19-7-5-6-8-23(19)27/h5-12,15,22H,4,13-14,16H2,1-3H3. The van der Waals surface area contributed by atoms with Gasteiger partial charge in [0.25, 0.3) is 0 Å². The van der Waals surface area contributed by atoms with Gasteiger partial charge in [0.15, 0.2) is 5.82 Å². The Morgan fingerprint density at radius 2 is 1.89 bits per heavy atom. The number of nitrogens with zero attached hydrogens (tertiary/aromatic N) is 5. The van der Waals surface area contributed by atoms with E-state index >= 15 is 0 Å². The van der Waals surface area contributed by atoms with Gasteiger partial charge in [-0.2, -0.15) is 0 Å². The largest absolute Gasteiger partial charge is 0.262 e. The number of halogens is 2. The molecule has 1 unspecified atom stereocenters. The van der Waals surface area contributed by atoms with Gasteiger partial charge in [-0.25, -0.2) is 13.1 Å². The Hall–Kier alpha value is -2.68. The molecular weight excluding hydrogens is 505 g/mol. The molecule has 0 saturated heterocycles. The van der Waals surface area contributed by atoms with Crippen LogP contribution in [0.2, 0.25) is 10.0 Å². The summed E-state index contributed by atoms with van der Waals surface area (Å²) in [4.78, 5) is 0. The number of sulfonamides is 1. The molecule has 1 aliphatic rings. The topological polar surface area (TPSA) is 81.0 Å². The number of benzene rings is 2. The van der Waals surface area contributed by atoms with Gasteiger partial charge >= 0.3 is 0 Å². The van der Waals surface area contributed by atoms with E-state index in [0.717, 1.165) is 22.3 Å². The zero-order chi connectivity index (χ0) is 25.2. The molecule has 0 aliphatic heterocycles. The minimum Gasteiger partial charge on any atom is -0.262 e. The second-order valence-corrected chi connectivity index (χ2v) is 11.6. The molecule has 1 aromatic heterocycles. The lowest BCUT2D eigenvalue weighted by atomic mass is 10.0. The van der Waals surface area contributed by atoms with Gasteiger partial charge < -0.3 is 0 Å². The monoisotopic (exact) mass is 531 g/mol. The fraction of sp³-hybridized carbons (Fsp3) is 0.320. The maximum absolute atomic E-state index is 14.2. The number of rotatable bonds is 8. The van der Waals surface area contributed by atoms with E-state index in [-0.39, 0.29) is 6.54 Å². The van der Waals surface area contributed by atoms with Crippen LogP contribution < -0.4 is 4.31 Å². The number of allylic oxidation sites excluding steroid dienone is 3. The highest BCUT2D eigenvalue weighted by molar-refractivity contribution is 7.93. The van der Waals surface area contributed by atoms with E-state index in [4.69, 9.17) is 23.2 Å². The molecule has 0 radical (unpaired) electrons. The molecular formula is C25H27Cl2N5O2S. The smallest absolute Gasteiger partial charge is 0.242 e. The van der Waals surface area contributed by atoms with Crippen LogP contribution in [-0.2, 0) is 29.5 Å². The molecule has 0 spiro atoms. The number of tetrazole rings is 1. The average Bonchev–Trinajstić information content (AvgIpc) is 3.26. The Labute approximate surface area is 216 Å². The number of hydrogen-bond acceptors (Lipinski definition) is 5. The van der Waals surface area contributed by atoms with Gasteiger partial charge in [0.05, 0.1) is 12.2 Å². The van der Waals surface area contributed by atoms with Gasteiger partial charge in [-0.05, 0) is 73.0 Å². The first-order valence-corrected chi connectivity index (χ1v) is 13.6. The molecule has 4 rings (SSSR count). The maximum atomic E-state index is 14.2. The van der Waals surface area contributed by atoms with Gasteiger partial charge in [-0.3, -0.25) is 4.31 Å². The third kappa shape index (κ3) is 5.60. The van der Waals surface area contributed by atoms with E-state index < -0.39 is 15.3 Å². The Morgan fingerprint density at radius 1 is 1.11 bits per heavy atom. The first-order valence-electron chi connectivity index (χ1n) is 11.3. The fourth-order valence-electron chi connectivity index (χ4n) is 4.33. The van der Waals surface area contributed by atoms with Crippen LogP contribution in [0.4, 0.5) is 5.69 Å². The van der Waals surface area contributed by atoms with E-state index in [9.17, 15) is 8.42 Å². The van der Waals surface area contributed by atoms with E-state index in [1.54, 1.807) is 22.9 Å². The Balaban J connectivity index is 1.84. The second kappa shape index (κ2) is 10.5. The number of aromatic nitrogens is 4. The summed E-state index contributed by atoms with van der Waals surface area (Å²) in [6.07, 6.45) is 4.65. The highest BCUT2D eigenvalue weighted by atomic mass is 35.5. The number of anilines is 1. The van der Waals surface area contributed by atoms with E-state index in [1.807, 2.05) is 57.2 Å². The van der Waals surface area contributed by atoms with Crippen molar-refractivity contribution in [3.05, 3.63) is 92.8 Å². The first kappa shape index (κ1) is 25.4. The van der Waals surface area contributed by atoms with Crippen molar-refractivity contribution >= 4 is 38.9 Å². The van der Waals surface area contributed by atoms with Crippen molar-refractivity contribution in [1.82, 2.24) is 20.2 Å². The maximum Gasteiger partial charge on any atom is 0.242 e. The molecule has 1 aliphatic carbocycles. The summed E-state index contributed by atoms with van der Waals surface area (Å²) in [5, 5.41) is 12.3. The molecule has 0 N–H and O–H groups in total. The van der Waals surface area contributed by atoms with Crippen molar-refractivity contribution in [2.24, 2.45) is 0 Å². The Kier molecular flexibility index (Phi) is 7.64. The molecule has 0 saturated carbocycles. The minimum absolute atomic E-state index is 0.00746. The van der Waals surface area contributed by atoms with E-state index in [2.05, 4.69) is 15.5 Å². The summed E-state index contributed by atoms with van der Waals surface area (Å²) >= 11 is 12.8. The van der Waals surface area contributed by atoms with Crippen LogP contribution in [0.3, 0.4) is 0 Å². The highest BCUT2D eigenvalue weighted by Gasteiger charge is 2.34. The molecule has 0 amide bonds. The van der Waals surface area contributed by atoms with Gasteiger partial charge in [0.2, 0.25) is 10.0 Å². The molecule has 1 heterocycles. The Morgan fingerprint density at radius 3 is 2.60 bits per heavy atom. The second-order valence-electron chi connectivity index (χ2n) is 8.65. The van der Waals surface area contributed by atoms with Crippen molar-refractivity contribution < 1.29 is 8.42 Å². The summed E-state index contributed by atoms with van der Waals surface area (Å²) in [5.41, 5.74) is 4.09. The number of aryl methyl sites for hydroxylation is 1. The van der Waals surface area contributed by atoms with Crippen molar-refractivity contribution in [2.45, 2.75) is 52.0 Å². The fourth-order valence-corrected chi connectivity index (χ4v) is 6.66. The molecule has 2 aromatic carbocycles. The summed E-state index contributed by atoms with van der Waals surface area (Å²) < 4.78 is 31.4. The molecule has 0 fully saturated rings. The molecule has 7 nitrogen and oxygen atoms in total. The van der Waals surface area contributed by atoms with Crippen molar-refractivity contribution in [1.29, 1.82) is 0 Å². The average molecular weight is 532 g/mol. The van der Waals surface area contributed by atoms with Crippen molar-refractivity contribution in [3.63, 3.8) is 0 Å². The zero-order valence-electron chi connectivity index (χ0n) is 19.8. The quantitative estimate of drug-likeness (QED) is 0.378. The van der Waals surface area contributed by atoms with Crippen LogP contribution in [0.5, 0.6) is 0 Å². The van der Waals surface area contributed by atoms with Crippen LogP contribution in [0.1, 0.15) is 44.1 Å². The predicted molar refractivity (Wildman–Crippen MR) is 140 cm³/mol. The lowest BCUT2D eigenvalue weighted by molar-refractivity contribution is 0.570. The minimum atomic E-state index is -3.85. The summed E-state index contributed by atoms with van der Waals surface area (Å²) in [5.74, 6) is 0.457. The highest BCUT2D eigenvalue weighted by Crippen LogP contribution is 2.34. The van der Waals surface area contributed by atoms with E-state index in [1.165, 1.54) is 4.31 Å². The van der Waals surface area contributed by atoms with Gasteiger partial charge in [0.1, 0.15) is 5.25 Å². The van der Waals surface area contributed by atoms with Crippen LogP contribution in [0.25, 0.3) is 0 Å². The normalized spacial score (nSPS) is 16.1. The summed E-state index contributed by atoms with van der Waals surface area (Å²) in [6.45, 7) is 6.29. The van der Waals surface area contributed by atoms with Crippen LogP contribution in [-0.4, -0.2) is 33.9 Å². The molecule has 3 aromatic rings. The van der Waals surface area contributed by atoms with Gasteiger partial charge in [-0.1, -0.05) is 64.7 Å². The Bertz CT molecular complexity index is 1400. The van der Waals surface area contributed by atoms with Crippen LogP contribution >= 0.6 is 23.2 Å². The van der Waals surface area contributed by atoms with Crippen molar-refractivity contribution in [2.75, 3.05) is 4.31 Å². The first-order chi connectivity index (χ1) is 16.7. The molecule has 0 bridgehead atoms. The summed E-state index contributed by atoms with van der Waals surface area (Å²) in [7, 11) is -3.85. The van der Waals surface area contributed by atoms with Gasteiger partial charge in [-0.15, -0.1) is 5.10 Å². The van der Waals surface area contributed by atoms with Crippen LogP contribution in [0, 0.1) is 0 Å². The van der Waals surface area contributed by atoms with Crippen LogP contribution in [0.15, 0.2) is 65.8 Å². The lowest BCUT2D eigenvalue weighted by Gasteiger charge is -2.31. The molecule has 10 heteroatoms. The molecule has 184 valence electrons. The SMILES string of the molecule is CCn1nnnc1CN(c1ccc(Cl)cc1Cc1ccccc1Cl)S(=O)(=O)C1C=C(C)C=C(C)C1. The number of hydrogen-bond donors (Lipinski definition) is 0. The summed E-state index contributed by atoms with van der Waals surface area (Å²) in [6, 6.07) is 12.7. The van der Waals surface area contributed by atoms with E-state index in [0.29, 0.717) is 40.9 Å².